The second kappa shape index (κ2) is 14.9. The minimum Gasteiger partial charge on any atom is -0.379 e. The molecule has 0 bridgehead atoms. The van der Waals surface area contributed by atoms with E-state index in [0.29, 0.717) is 0 Å². The normalized spacial score (nSPS) is 26.2. The Morgan fingerprint density at radius 3 is 0.848 bits per heavy atom. The molecule has 4 rings (SSSR count). The van der Waals surface area contributed by atoms with E-state index in [-0.39, 0.29) is 0 Å². The molecule has 0 N–H and O–H groups in total. The van der Waals surface area contributed by atoms with Crippen LogP contribution in [0.15, 0.2) is 0 Å². The van der Waals surface area contributed by atoms with Gasteiger partial charge < -0.3 is 14.2 Å². The van der Waals surface area contributed by atoms with Crippen LogP contribution in [0, 0.1) is 0 Å². The number of rotatable bonds is 12. The summed E-state index contributed by atoms with van der Waals surface area (Å²) in [5.74, 6) is 0. The summed E-state index contributed by atoms with van der Waals surface area (Å²) in [5.41, 5.74) is 0. The van der Waals surface area contributed by atoms with Gasteiger partial charge in [-0.15, -0.1) is 0 Å². The number of morpholine rings is 3. The Labute approximate surface area is 201 Å². The molecule has 9 heteroatoms. The van der Waals surface area contributed by atoms with E-state index in [9.17, 15) is 0 Å². The van der Waals surface area contributed by atoms with Crippen molar-refractivity contribution in [1.29, 1.82) is 0 Å². The van der Waals surface area contributed by atoms with Crippen LogP contribution in [0.4, 0.5) is 0 Å². The molecular weight excluding hydrogens is 420 g/mol. The molecule has 0 aromatic rings. The first kappa shape index (κ1) is 25.7. The molecule has 0 amide bonds. The Balaban J connectivity index is 1.18. The zero-order valence-corrected chi connectivity index (χ0v) is 20.9. The average molecular weight is 469 g/mol. The molecule has 0 aromatic heterocycles. The Hall–Kier alpha value is -0.360. The molecule has 0 unspecified atom stereocenters. The molecule has 4 heterocycles. The zero-order chi connectivity index (χ0) is 22.6. The van der Waals surface area contributed by atoms with E-state index in [1.54, 1.807) is 0 Å². The molecule has 4 saturated heterocycles. The highest BCUT2D eigenvalue weighted by Gasteiger charge is 2.23. The predicted octanol–water partition coefficient (Wildman–Crippen LogP) is -0.0546. The highest BCUT2D eigenvalue weighted by atomic mass is 16.5. The molecule has 0 radical (unpaired) electrons. The Bertz CT molecular complexity index is 435. The van der Waals surface area contributed by atoms with Crippen LogP contribution in [0.5, 0.6) is 0 Å². The third-order valence-electron chi connectivity index (χ3n) is 7.36. The second-order valence-corrected chi connectivity index (χ2v) is 10.0. The van der Waals surface area contributed by atoms with Crippen molar-refractivity contribution in [3.05, 3.63) is 0 Å². The van der Waals surface area contributed by atoms with Gasteiger partial charge in [0.05, 0.1) is 59.6 Å². The maximum atomic E-state index is 5.50. The lowest BCUT2D eigenvalue weighted by Crippen LogP contribution is -2.56. The molecule has 4 fully saturated rings. The van der Waals surface area contributed by atoms with Crippen LogP contribution < -0.4 is 0 Å². The number of hydrogen-bond acceptors (Lipinski definition) is 9. The van der Waals surface area contributed by atoms with Gasteiger partial charge in [-0.05, 0) is 38.9 Å². The summed E-state index contributed by atoms with van der Waals surface area (Å²) in [6.07, 6.45) is 3.76. The molecule has 192 valence electrons. The minimum atomic E-state index is 0.900. The van der Waals surface area contributed by atoms with Crippen molar-refractivity contribution in [2.24, 2.45) is 0 Å². The van der Waals surface area contributed by atoms with Crippen LogP contribution in [0.3, 0.4) is 0 Å². The third kappa shape index (κ3) is 9.66. The van der Waals surface area contributed by atoms with E-state index in [0.717, 1.165) is 98.9 Å². The van der Waals surface area contributed by atoms with E-state index in [2.05, 4.69) is 29.4 Å². The first-order valence-corrected chi connectivity index (χ1v) is 13.4. The highest BCUT2D eigenvalue weighted by molar-refractivity contribution is 4.73. The van der Waals surface area contributed by atoms with Gasteiger partial charge in [0.25, 0.3) is 0 Å². The Morgan fingerprint density at radius 1 is 0.333 bits per heavy atom. The molecular formula is C24H48N6O3. The van der Waals surface area contributed by atoms with Crippen molar-refractivity contribution in [2.45, 2.75) is 19.3 Å². The number of ether oxygens (including phenoxy) is 3. The van der Waals surface area contributed by atoms with Crippen molar-refractivity contribution < 1.29 is 14.2 Å². The molecule has 9 nitrogen and oxygen atoms in total. The molecule has 33 heavy (non-hydrogen) atoms. The quantitative estimate of drug-likeness (QED) is 0.392. The molecule has 0 aromatic carbocycles. The van der Waals surface area contributed by atoms with Crippen molar-refractivity contribution in [2.75, 3.05) is 138 Å². The number of nitrogens with zero attached hydrogens (tertiary/aromatic N) is 6. The van der Waals surface area contributed by atoms with Gasteiger partial charge in [0, 0.05) is 58.9 Å². The van der Waals surface area contributed by atoms with Crippen molar-refractivity contribution in [3.63, 3.8) is 0 Å². The van der Waals surface area contributed by atoms with Crippen molar-refractivity contribution in [3.8, 4) is 0 Å². The summed E-state index contributed by atoms with van der Waals surface area (Å²) in [6.45, 7) is 22.5. The fourth-order valence-electron chi connectivity index (χ4n) is 5.44. The summed E-state index contributed by atoms with van der Waals surface area (Å²) in [5, 5.41) is 0. The zero-order valence-electron chi connectivity index (χ0n) is 20.9. The van der Waals surface area contributed by atoms with Gasteiger partial charge >= 0.3 is 0 Å². The molecule has 0 spiro atoms. The molecule has 0 saturated carbocycles. The van der Waals surface area contributed by atoms with E-state index < -0.39 is 0 Å². The molecule has 4 aliphatic rings. The third-order valence-corrected chi connectivity index (χ3v) is 7.36. The molecule has 0 aliphatic carbocycles. The first-order valence-electron chi connectivity index (χ1n) is 13.4. The van der Waals surface area contributed by atoms with E-state index in [4.69, 9.17) is 14.2 Å². The standard InChI is InChI=1S/C24H48N6O3/c1(4-25-10-16-31-17-11-25)7-28-22-29(8-2-5-26-12-18-32-19-13-26)24-30(23-28)9-3-6-27-14-20-33-21-15-27/h1-24H2. The highest BCUT2D eigenvalue weighted by Crippen LogP contribution is 2.11. The smallest absolute Gasteiger partial charge is 0.0594 e. The average Bonchev–Trinajstić information content (AvgIpc) is 2.86. The minimum absolute atomic E-state index is 0.900. The van der Waals surface area contributed by atoms with Gasteiger partial charge in [-0.3, -0.25) is 29.4 Å². The molecule has 4 aliphatic heterocycles. The lowest BCUT2D eigenvalue weighted by atomic mass is 10.3. The molecule has 0 atom stereocenters. The van der Waals surface area contributed by atoms with Gasteiger partial charge in [-0.25, -0.2) is 0 Å². The number of hydrogen-bond donors (Lipinski definition) is 0. The van der Waals surface area contributed by atoms with Gasteiger partial charge in [0.15, 0.2) is 0 Å². The van der Waals surface area contributed by atoms with Crippen LogP contribution in [-0.4, -0.2) is 168 Å². The lowest BCUT2D eigenvalue weighted by Gasteiger charge is -2.43. The predicted molar refractivity (Wildman–Crippen MR) is 130 cm³/mol. The van der Waals surface area contributed by atoms with E-state index in [1.165, 1.54) is 58.5 Å². The maximum Gasteiger partial charge on any atom is 0.0594 e. The van der Waals surface area contributed by atoms with E-state index >= 15 is 0 Å². The van der Waals surface area contributed by atoms with Crippen molar-refractivity contribution >= 4 is 0 Å². The summed E-state index contributed by atoms with van der Waals surface area (Å²) < 4.78 is 16.5. The van der Waals surface area contributed by atoms with Gasteiger partial charge in [0.1, 0.15) is 0 Å². The topological polar surface area (TPSA) is 47.1 Å². The Kier molecular flexibility index (Phi) is 11.6. The summed E-state index contributed by atoms with van der Waals surface area (Å²) in [6, 6.07) is 0. The fourth-order valence-corrected chi connectivity index (χ4v) is 5.44. The van der Waals surface area contributed by atoms with Crippen LogP contribution in [0.2, 0.25) is 0 Å². The first-order chi connectivity index (χ1) is 16.3. The van der Waals surface area contributed by atoms with Crippen LogP contribution in [0.25, 0.3) is 0 Å². The maximum absolute atomic E-state index is 5.50. The SMILES string of the molecule is C(CN1CCOCC1)CN1CN(CCCN2CCOCC2)CN(CCCN2CCOCC2)C1. The van der Waals surface area contributed by atoms with Crippen LogP contribution in [0.1, 0.15) is 19.3 Å². The van der Waals surface area contributed by atoms with Gasteiger partial charge in [0.2, 0.25) is 0 Å². The van der Waals surface area contributed by atoms with E-state index in [1.807, 2.05) is 0 Å². The summed E-state index contributed by atoms with van der Waals surface area (Å²) >= 11 is 0. The largest absolute Gasteiger partial charge is 0.379 e. The van der Waals surface area contributed by atoms with Crippen molar-refractivity contribution in [1.82, 2.24) is 29.4 Å². The fraction of sp³-hybridized carbons (Fsp3) is 1.00. The van der Waals surface area contributed by atoms with Gasteiger partial charge in [-0.2, -0.15) is 0 Å². The second-order valence-electron chi connectivity index (χ2n) is 10.0. The summed E-state index contributed by atoms with van der Waals surface area (Å²) in [7, 11) is 0. The lowest BCUT2D eigenvalue weighted by molar-refractivity contribution is -0.0365. The Morgan fingerprint density at radius 2 is 0.576 bits per heavy atom. The van der Waals surface area contributed by atoms with Crippen LogP contribution >= 0.6 is 0 Å². The van der Waals surface area contributed by atoms with Crippen LogP contribution in [-0.2, 0) is 14.2 Å². The monoisotopic (exact) mass is 468 g/mol. The van der Waals surface area contributed by atoms with Gasteiger partial charge in [-0.1, -0.05) is 0 Å². The summed E-state index contributed by atoms with van der Waals surface area (Å²) in [4.78, 5) is 15.7.